The molecule has 1 atom stereocenters. The largest absolute Gasteiger partial charge is 0.361 e. The molecule has 0 bridgehead atoms. The minimum absolute atomic E-state index is 0.00498. The molecule has 0 saturated carbocycles. The number of benzene rings is 2. The van der Waals surface area contributed by atoms with E-state index in [1.54, 1.807) is 46.4 Å². The van der Waals surface area contributed by atoms with Gasteiger partial charge in [-0.25, -0.2) is 9.37 Å². The zero-order valence-corrected chi connectivity index (χ0v) is 22.6. The Bertz CT molecular complexity index is 1870. The predicted molar refractivity (Wildman–Crippen MR) is 156 cm³/mol. The van der Waals surface area contributed by atoms with Crippen LogP contribution in [0, 0.1) is 5.82 Å². The summed E-state index contributed by atoms with van der Waals surface area (Å²) in [5.74, 6) is -0.447. The number of thiophene rings is 1. The number of piperidine rings is 1. The van der Waals surface area contributed by atoms with Gasteiger partial charge in [0, 0.05) is 52.0 Å². The third kappa shape index (κ3) is 4.35. The van der Waals surface area contributed by atoms with Crippen molar-refractivity contribution in [3.63, 3.8) is 0 Å². The van der Waals surface area contributed by atoms with Crippen molar-refractivity contribution in [3.05, 3.63) is 84.6 Å². The number of halogens is 1. The molecule has 0 radical (unpaired) electrons. The number of hydrogen-bond acceptors (Lipinski definition) is 6. The van der Waals surface area contributed by atoms with E-state index in [4.69, 9.17) is 4.98 Å². The first kappa shape index (κ1) is 24.6. The molecule has 0 aliphatic carbocycles. The Morgan fingerprint density at radius 3 is 2.83 bits per heavy atom. The molecule has 2 aromatic carbocycles. The van der Waals surface area contributed by atoms with E-state index in [1.807, 2.05) is 12.3 Å². The van der Waals surface area contributed by atoms with E-state index in [1.165, 1.54) is 12.1 Å². The predicted octanol–water partition coefficient (Wildman–Crippen LogP) is 5.78. The van der Waals surface area contributed by atoms with Gasteiger partial charge in [0.05, 0.1) is 17.8 Å². The highest BCUT2D eigenvalue weighted by Gasteiger charge is 2.32. The Morgan fingerprint density at radius 1 is 1.12 bits per heavy atom. The zero-order chi connectivity index (χ0) is 27.2. The molecule has 0 unspecified atom stereocenters. The molecule has 10 heteroatoms. The maximum atomic E-state index is 15.5. The molecule has 5 heterocycles. The summed E-state index contributed by atoms with van der Waals surface area (Å²) in [5, 5.41) is 13.4. The number of rotatable bonds is 5. The summed E-state index contributed by atoms with van der Waals surface area (Å²) in [6, 6.07) is 16.9. The van der Waals surface area contributed by atoms with E-state index in [0.29, 0.717) is 23.6 Å². The number of fused-ring (bicyclic) bond motifs is 2. The molecule has 1 aliphatic heterocycles. The normalized spacial score (nSPS) is 15.6. The van der Waals surface area contributed by atoms with Crippen LogP contribution in [0.3, 0.4) is 0 Å². The second kappa shape index (κ2) is 9.96. The molecule has 6 aromatic rings. The van der Waals surface area contributed by atoms with E-state index in [-0.39, 0.29) is 11.6 Å². The number of aromatic nitrogens is 5. The van der Waals surface area contributed by atoms with Crippen LogP contribution in [0.25, 0.3) is 42.7 Å². The van der Waals surface area contributed by atoms with Gasteiger partial charge in [0.25, 0.3) is 5.91 Å². The summed E-state index contributed by atoms with van der Waals surface area (Å²) in [4.78, 5) is 24.9. The molecule has 1 aliphatic rings. The lowest BCUT2D eigenvalue weighted by Gasteiger charge is -2.34. The smallest absolute Gasteiger partial charge is 0.262 e. The molecule has 1 amide bonds. The second-order valence-electron chi connectivity index (χ2n) is 10.1. The van der Waals surface area contributed by atoms with Crippen LogP contribution in [0.15, 0.2) is 73.2 Å². The van der Waals surface area contributed by atoms with Gasteiger partial charge < -0.3 is 10.3 Å². The summed E-state index contributed by atoms with van der Waals surface area (Å²) >= 11 is 1.66. The average molecular weight is 552 g/mol. The van der Waals surface area contributed by atoms with Gasteiger partial charge in [-0.05, 0) is 72.8 Å². The van der Waals surface area contributed by atoms with Crippen molar-refractivity contribution in [2.75, 3.05) is 18.0 Å². The van der Waals surface area contributed by atoms with Crippen LogP contribution < -0.4 is 10.2 Å². The Kier molecular flexibility index (Phi) is 6.13. The third-order valence-corrected chi connectivity index (χ3v) is 8.59. The molecule has 1 saturated heterocycles. The highest BCUT2D eigenvalue weighted by Crippen LogP contribution is 2.39. The Labute approximate surface area is 233 Å². The summed E-state index contributed by atoms with van der Waals surface area (Å²) < 4.78 is 18.1. The third-order valence-electron chi connectivity index (χ3n) is 7.44. The maximum Gasteiger partial charge on any atom is 0.262 e. The Hall–Kier alpha value is -4.41. The van der Waals surface area contributed by atoms with Crippen LogP contribution in [0.2, 0.25) is 0 Å². The fourth-order valence-corrected chi connectivity index (χ4v) is 6.48. The molecular formula is C30H26FN7OS. The van der Waals surface area contributed by atoms with E-state index >= 15 is 4.39 Å². The van der Waals surface area contributed by atoms with Gasteiger partial charge in [-0.15, -0.1) is 16.4 Å². The van der Waals surface area contributed by atoms with Crippen LogP contribution in [-0.4, -0.2) is 50.0 Å². The van der Waals surface area contributed by atoms with E-state index in [0.717, 1.165) is 50.8 Å². The molecule has 4 aromatic heterocycles. The number of aryl methyl sites for hydroxylation is 1. The topological polar surface area (TPSA) is 91.7 Å². The average Bonchev–Trinajstić information content (AvgIpc) is 3.73. The van der Waals surface area contributed by atoms with Gasteiger partial charge >= 0.3 is 0 Å². The molecule has 2 N–H and O–H groups in total. The van der Waals surface area contributed by atoms with Crippen LogP contribution >= 0.6 is 11.3 Å². The summed E-state index contributed by atoms with van der Waals surface area (Å²) in [6.07, 6.45) is 7.10. The van der Waals surface area contributed by atoms with E-state index < -0.39 is 11.7 Å². The van der Waals surface area contributed by atoms with E-state index in [9.17, 15) is 4.79 Å². The van der Waals surface area contributed by atoms with Gasteiger partial charge in [-0.3, -0.25) is 14.4 Å². The molecule has 200 valence electrons. The number of nitrogens with one attached hydrogen (secondary N) is 2. The Balaban J connectivity index is 1.31. The van der Waals surface area contributed by atoms with Crippen molar-refractivity contribution in [2.24, 2.45) is 7.05 Å². The molecule has 1 fully saturated rings. The number of hydrogen-bond donors (Lipinski definition) is 2. The van der Waals surface area contributed by atoms with Crippen molar-refractivity contribution >= 4 is 44.1 Å². The first-order valence-corrected chi connectivity index (χ1v) is 14.0. The van der Waals surface area contributed by atoms with Crippen LogP contribution in [0.4, 0.5) is 10.2 Å². The Morgan fingerprint density at radius 2 is 2.02 bits per heavy atom. The second-order valence-corrected chi connectivity index (χ2v) is 11.2. The summed E-state index contributed by atoms with van der Waals surface area (Å²) in [7, 11) is 1.75. The summed E-state index contributed by atoms with van der Waals surface area (Å²) in [5.41, 5.74) is 3.30. The SMILES string of the molecule is Cn1cc(-c2ccc(C(=O)N(c3nccc4sc(-c5ccc6[nH]ccc6c5)cc34)[C@@H]3CCCNC3)c(F)c2)nn1. The first-order valence-electron chi connectivity index (χ1n) is 13.2. The van der Waals surface area contributed by atoms with Gasteiger partial charge in [0.2, 0.25) is 0 Å². The number of anilines is 1. The lowest BCUT2D eigenvalue weighted by atomic mass is 10.0. The van der Waals surface area contributed by atoms with Crippen molar-refractivity contribution in [1.29, 1.82) is 0 Å². The fraction of sp³-hybridized carbons (Fsp3) is 0.200. The van der Waals surface area contributed by atoms with Gasteiger partial charge in [-0.2, -0.15) is 0 Å². The minimum atomic E-state index is -0.597. The molecule has 7 rings (SSSR count). The minimum Gasteiger partial charge on any atom is -0.361 e. The lowest BCUT2D eigenvalue weighted by molar-refractivity contribution is 0.0968. The number of amides is 1. The molecule has 0 spiro atoms. The molecule has 8 nitrogen and oxygen atoms in total. The molecular weight excluding hydrogens is 525 g/mol. The van der Waals surface area contributed by atoms with Crippen molar-refractivity contribution in [3.8, 4) is 21.7 Å². The standard InChI is InChI=1S/C30H26FN7OS/c1-37-17-26(35-36-37)18-4-6-22(24(31)14-18)30(39)38(21-3-2-10-32-16-21)29-23-15-28(40-27(23)9-12-34-29)20-5-7-25-19(13-20)8-11-33-25/h4-9,11-15,17,21,32-33H,2-3,10,16H2,1H3/t21-/m1/s1. The lowest BCUT2D eigenvalue weighted by Crippen LogP contribution is -2.49. The van der Waals surface area contributed by atoms with E-state index in [2.05, 4.69) is 50.9 Å². The quantitative estimate of drug-likeness (QED) is 0.284. The number of nitrogens with zero attached hydrogens (tertiary/aromatic N) is 5. The monoisotopic (exact) mass is 551 g/mol. The summed E-state index contributed by atoms with van der Waals surface area (Å²) in [6.45, 7) is 1.51. The van der Waals surface area contributed by atoms with Crippen LogP contribution in [-0.2, 0) is 7.05 Å². The van der Waals surface area contributed by atoms with Crippen LogP contribution in [0.5, 0.6) is 0 Å². The number of carbonyl (C=O) groups is 1. The maximum absolute atomic E-state index is 15.5. The van der Waals surface area contributed by atoms with Gasteiger partial charge in [0.1, 0.15) is 17.3 Å². The number of carbonyl (C=O) groups excluding carboxylic acids is 1. The van der Waals surface area contributed by atoms with Gasteiger partial charge in [0.15, 0.2) is 0 Å². The first-order chi connectivity index (χ1) is 19.5. The van der Waals surface area contributed by atoms with Gasteiger partial charge in [-0.1, -0.05) is 17.3 Å². The highest BCUT2D eigenvalue weighted by atomic mass is 32.1. The number of H-pyrrole nitrogens is 1. The number of aromatic amines is 1. The fourth-order valence-electron chi connectivity index (χ4n) is 5.44. The molecule has 40 heavy (non-hydrogen) atoms. The highest BCUT2D eigenvalue weighted by molar-refractivity contribution is 7.22. The number of pyridine rings is 1. The van der Waals surface area contributed by atoms with Crippen molar-refractivity contribution in [2.45, 2.75) is 18.9 Å². The van der Waals surface area contributed by atoms with Crippen molar-refractivity contribution < 1.29 is 9.18 Å². The van der Waals surface area contributed by atoms with Crippen LogP contribution in [0.1, 0.15) is 23.2 Å². The van der Waals surface area contributed by atoms with Crippen molar-refractivity contribution in [1.82, 2.24) is 30.3 Å². The zero-order valence-electron chi connectivity index (χ0n) is 21.8.